The second kappa shape index (κ2) is 6.43. The minimum absolute atomic E-state index is 0.142. The molecule has 1 saturated heterocycles. The molecule has 2 heterocycles. The van der Waals surface area contributed by atoms with E-state index in [9.17, 15) is 8.42 Å². The molecule has 114 valence electrons. The van der Waals surface area contributed by atoms with Crippen LogP contribution in [0, 0.1) is 6.92 Å². The molecule has 8 heteroatoms. The van der Waals surface area contributed by atoms with Gasteiger partial charge in [0, 0.05) is 45.3 Å². The number of aryl methyl sites for hydroxylation is 2. The summed E-state index contributed by atoms with van der Waals surface area (Å²) in [7, 11) is -1.69. The Morgan fingerprint density at radius 2 is 2.05 bits per heavy atom. The molecule has 0 amide bonds. The summed E-state index contributed by atoms with van der Waals surface area (Å²) in [6.07, 6.45) is 2.40. The first-order valence-electron chi connectivity index (χ1n) is 6.73. The molecule has 0 saturated carbocycles. The first-order valence-corrected chi connectivity index (χ1v) is 8.71. The van der Waals surface area contributed by atoms with Crippen molar-refractivity contribution in [1.29, 1.82) is 0 Å². The number of aromatic nitrogens is 2. The van der Waals surface area contributed by atoms with Crippen LogP contribution in [0.4, 0.5) is 0 Å². The molecule has 1 aromatic heterocycles. The Balaban J connectivity index is 2.13. The lowest BCUT2D eigenvalue weighted by molar-refractivity contribution is 0.303. The fourth-order valence-corrected chi connectivity index (χ4v) is 4.05. The van der Waals surface area contributed by atoms with E-state index in [2.05, 4.69) is 9.88 Å². The van der Waals surface area contributed by atoms with Crippen molar-refractivity contribution in [2.45, 2.75) is 18.4 Å². The highest BCUT2D eigenvalue weighted by molar-refractivity contribution is 7.89. The summed E-state index contributed by atoms with van der Waals surface area (Å²) in [6, 6.07) is 0. The molecule has 6 nitrogen and oxygen atoms in total. The lowest BCUT2D eigenvalue weighted by Crippen LogP contribution is -2.35. The Labute approximate surface area is 125 Å². The van der Waals surface area contributed by atoms with E-state index in [-0.39, 0.29) is 5.03 Å². The van der Waals surface area contributed by atoms with Crippen molar-refractivity contribution < 1.29 is 8.42 Å². The van der Waals surface area contributed by atoms with E-state index in [1.165, 1.54) is 4.31 Å². The zero-order valence-electron chi connectivity index (χ0n) is 11.9. The first kappa shape index (κ1) is 15.8. The number of imidazole rings is 1. The van der Waals surface area contributed by atoms with Crippen LogP contribution in [0.15, 0.2) is 11.2 Å². The Bertz CT molecular complexity index is 538. The number of hydrogen-bond donors (Lipinski definition) is 0. The van der Waals surface area contributed by atoms with Crippen LogP contribution in [0.5, 0.6) is 0 Å². The van der Waals surface area contributed by atoms with E-state index in [0.717, 1.165) is 26.1 Å². The predicted octanol–water partition coefficient (Wildman–Crippen LogP) is 0.664. The molecule has 0 radical (unpaired) electrons. The van der Waals surface area contributed by atoms with E-state index in [1.807, 2.05) is 0 Å². The largest absolute Gasteiger partial charge is 0.337 e. The minimum Gasteiger partial charge on any atom is -0.337 e. The molecule has 1 fully saturated rings. The van der Waals surface area contributed by atoms with Crippen LogP contribution < -0.4 is 0 Å². The molecule has 0 spiro atoms. The highest BCUT2D eigenvalue weighted by Gasteiger charge is 2.29. The fourth-order valence-electron chi connectivity index (χ4n) is 2.31. The molecule has 0 N–H and O–H groups in total. The third-order valence-corrected chi connectivity index (χ3v) is 5.58. The van der Waals surface area contributed by atoms with E-state index in [0.29, 0.717) is 24.8 Å². The lowest BCUT2D eigenvalue weighted by Gasteiger charge is -2.20. The molecule has 2 rings (SSSR count). The lowest BCUT2D eigenvalue weighted by atomic mass is 10.4. The van der Waals surface area contributed by atoms with Gasteiger partial charge in [0.2, 0.25) is 0 Å². The maximum absolute atomic E-state index is 12.6. The molecule has 0 atom stereocenters. The maximum Gasteiger partial charge on any atom is 0.262 e. The zero-order chi connectivity index (χ0) is 14.8. The summed E-state index contributed by atoms with van der Waals surface area (Å²) >= 11 is 5.74. The van der Waals surface area contributed by atoms with Crippen molar-refractivity contribution in [3.05, 3.63) is 12.0 Å². The summed E-state index contributed by atoms with van der Waals surface area (Å²) in [6.45, 7) is 5.24. The molecular formula is C12H21ClN4O2S. The quantitative estimate of drug-likeness (QED) is 0.765. The van der Waals surface area contributed by atoms with Gasteiger partial charge in [-0.1, -0.05) is 0 Å². The fraction of sp³-hybridized carbons (Fsp3) is 0.750. The Morgan fingerprint density at radius 1 is 1.30 bits per heavy atom. The third kappa shape index (κ3) is 3.33. The number of sulfonamides is 1. The van der Waals surface area contributed by atoms with E-state index < -0.39 is 10.0 Å². The second-order valence-electron chi connectivity index (χ2n) is 5.03. The predicted molar refractivity (Wildman–Crippen MR) is 78.5 cm³/mol. The van der Waals surface area contributed by atoms with Gasteiger partial charge < -0.3 is 9.47 Å². The second-order valence-corrected chi connectivity index (χ2v) is 7.29. The summed E-state index contributed by atoms with van der Waals surface area (Å²) in [5.41, 5.74) is 0. The Kier molecular flexibility index (Phi) is 5.06. The van der Waals surface area contributed by atoms with Gasteiger partial charge in [0.05, 0.1) is 0 Å². The van der Waals surface area contributed by atoms with Gasteiger partial charge in [-0.3, -0.25) is 0 Å². The molecule has 1 aliphatic rings. The molecule has 20 heavy (non-hydrogen) atoms. The number of halogens is 1. The summed E-state index contributed by atoms with van der Waals surface area (Å²) < 4.78 is 28.4. The van der Waals surface area contributed by atoms with Gasteiger partial charge in [-0.25, -0.2) is 13.4 Å². The van der Waals surface area contributed by atoms with Crippen molar-refractivity contribution in [2.75, 3.05) is 38.6 Å². The highest BCUT2D eigenvalue weighted by atomic mass is 35.5. The van der Waals surface area contributed by atoms with Crippen LogP contribution in [-0.4, -0.2) is 65.8 Å². The third-order valence-electron chi connectivity index (χ3n) is 3.64. The van der Waals surface area contributed by atoms with Crippen LogP contribution in [0.3, 0.4) is 0 Å². The number of hydrogen-bond acceptors (Lipinski definition) is 4. The van der Waals surface area contributed by atoms with Crippen molar-refractivity contribution in [3.63, 3.8) is 0 Å². The Hall–Kier alpha value is -0.630. The van der Waals surface area contributed by atoms with Crippen LogP contribution in [0.25, 0.3) is 0 Å². The van der Waals surface area contributed by atoms with Crippen molar-refractivity contribution in [3.8, 4) is 0 Å². The van der Waals surface area contributed by atoms with Crippen LogP contribution in [0.2, 0.25) is 0 Å². The molecule has 0 bridgehead atoms. The Morgan fingerprint density at radius 3 is 2.65 bits per heavy atom. The standard InChI is InChI=1S/C12H21ClN4O2S/c1-11-14-12(10-15(11)2)20(18,19)17-6-3-5-16(7-4-13)8-9-17/h10H,3-9H2,1-2H3. The van der Waals surface area contributed by atoms with Gasteiger partial charge in [0.15, 0.2) is 5.03 Å². The summed E-state index contributed by atoms with van der Waals surface area (Å²) in [4.78, 5) is 6.34. The average Bonchev–Trinajstić information content (AvgIpc) is 2.63. The van der Waals surface area contributed by atoms with Gasteiger partial charge in [-0.2, -0.15) is 4.31 Å². The highest BCUT2D eigenvalue weighted by Crippen LogP contribution is 2.17. The van der Waals surface area contributed by atoms with E-state index >= 15 is 0 Å². The topological polar surface area (TPSA) is 58.4 Å². The smallest absolute Gasteiger partial charge is 0.262 e. The normalized spacial score (nSPS) is 19.1. The first-order chi connectivity index (χ1) is 9.45. The van der Waals surface area contributed by atoms with Gasteiger partial charge in [-0.05, 0) is 19.9 Å². The zero-order valence-corrected chi connectivity index (χ0v) is 13.5. The number of alkyl halides is 1. The monoisotopic (exact) mass is 320 g/mol. The average molecular weight is 321 g/mol. The number of nitrogens with zero attached hydrogens (tertiary/aromatic N) is 4. The SMILES string of the molecule is Cc1nc(S(=O)(=O)N2CCCN(CCCl)CC2)cn1C. The van der Waals surface area contributed by atoms with E-state index in [4.69, 9.17) is 11.6 Å². The van der Waals surface area contributed by atoms with Gasteiger partial charge in [0.1, 0.15) is 5.82 Å². The molecule has 0 unspecified atom stereocenters. The molecule has 0 aliphatic carbocycles. The summed E-state index contributed by atoms with van der Waals surface area (Å²) in [5.74, 6) is 1.27. The molecular weight excluding hydrogens is 300 g/mol. The van der Waals surface area contributed by atoms with Crippen LogP contribution in [0.1, 0.15) is 12.2 Å². The van der Waals surface area contributed by atoms with E-state index in [1.54, 1.807) is 24.7 Å². The van der Waals surface area contributed by atoms with Crippen molar-refractivity contribution in [1.82, 2.24) is 18.8 Å². The molecule has 1 aliphatic heterocycles. The van der Waals surface area contributed by atoms with Gasteiger partial charge >= 0.3 is 0 Å². The number of rotatable bonds is 4. The van der Waals surface area contributed by atoms with Gasteiger partial charge in [-0.15, -0.1) is 11.6 Å². The molecule has 1 aromatic rings. The van der Waals surface area contributed by atoms with Crippen molar-refractivity contribution >= 4 is 21.6 Å². The van der Waals surface area contributed by atoms with Gasteiger partial charge in [0.25, 0.3) is 10.0 Å². The maximum atomic E-state index is 12.6. The van der Waals surface area contributed by atoms with Crippen LogP contribution >= 0.6 is 11.6 Å². The summed E-state index contributed by atoms with van der Waals surface area (Å²) in [5, 5.41) is 0.142. The minimum atomic E-state index is -3.48. The van der Waals surface area contributed by atoms with Crippen LogP contribution in [-0.2, 0) is 17.1 Å². The van der Waals surface area contributed by atoms with Crippen molar-refractivity contribution in [2.24, 2.45) is 7.05 Å². The molecule has 0 aromatic carbocycles.